The second kappa shape index (κ2) is 10.3. The third-order valence-electron chi connectivity index (χ3n) is 5.39. The van der Waals surface area contributed by atoms with Gasteiger partial charge in [0.2, 0.25) is 0 Å². The minimum atomic E-state index is -1.13. The fraction of sp³-hybridized carbons (Fsp3) is 0.400. The van der Waals surface area contributed by atoms with Crippen LogP contribution in [0.4, 0.5) is 0 Å². The number of hydrogen-bond acceptors (Lipinski definition) is 5. The van der Waals surface area contributed by atoms with E-state index in [4.69, 9.17) is 4.74 Å². The highest BCUT2D eigenvalue weighted by atomic mass is 79.9. The molecule has 1 aliphatic rings. The lowest BCUT2D eigenvalue weighted by atomic mass is 9.95. The molecule has 1 N–H and O–H groups in total. The summed E-state index contributed by atoms with van der Waals surface area (Å²) in [5.74, 6) is -2.53. The largest absolute Gasteiger partial charge is 0.480 e. The number of ether oxygens (including phenoxy) is 1. The average Bonchev–Trinajstić information content (AvgIpc) is 3.04. The number of aliphatic carboxylic acids is 1. The molecule has 2 aromatic rings. The zero-order valence-electron chi connectivity index (χ0n) is 19.1. The van der Waals surface area contributed by atoms with Crippen molar-refractivity contribution in [3.8, 4) is 0 Å². The number of carbonyl (C=O) groups is 3. The number of amides is 1. The molecule has 0 spiro atoms. The van der Waals surface area contributed by atoms with Gasteiger partial charge in [0.15, 0.2) is 0 Å². The lowest BCUT2D eigenvalue weighted by Crippen LogP contribution is -2.44. The molecule has 0 radical (unpaired) electrons. The maximum absolute atomic E-state index is 13.4. The Bertz CT molecular complexity index is 1050. The number of benzene rings is 2. The van der Waals surface area contributed by atoms with E-state index in [0.717, 1.165) is 14.9 Å². The molecule has 8 heteroatoms. The topological polar surface area (TPSA) is 83.9 Å². The number of carbonyl (C=O) groups excluding carboxylic acids is 2. The number of thioether (sulfide) groups is 1. The van der Waals surface area contributed by atoms with Crippen LogP contribution in [-0.2, 0) is 14.3 Å². The molecule has 1 heterocycles. The van der Waals surface area contributed by atoms with Gasteiger partial charge in [0.1, 0.15) is 11.6 Å². The Balaban J connectivity index is 1.96. The van der Waals surface area contributed by atoms with Crippen molar-refractivity contribution in [3.63, 3.8) is 0 Å². The SMILES string of the molecule is Cc1ccccc1C(=O)N1C[C@H](Sc2cccc(Br)c2)[C@H](CC(=O)OC(C)(C)C)[C@H]1C(=O)O. The van der Waals surface area contributed by atoms with Gasteiger partial charge in [-0.25, -0.2) is 4.79 Å². The summed E-state index contributed by atoms with van der Waals surface area (Å²) in [5.41, 5.74) is 0.559. The first kappa shape index (κ1) is 25.3. The maximum atomic E-state index is 13.4. The first-order valence-corrected chi connectivity index (χ1v) is 12.4. The molecule has 3 atom stereocenters. The van der Waals surface area contributed by atoms with Gasteiger partial charge < -0.3 is 14.7 Å². The second-order valence-electron chi connectivity index (χ2n) is 9.12. The van der Waals surface area contributed by atoms with Crippen LogP contribution in [0.2, 0.25) is 0 Å². The predicted octanol–water partition coefficient (Wildman–Crippen LogP) is 5.18. The lowest BCUT2D eigenvalue weighted by Gasteiger charge is -2.26. The number of aryl methyl sites for hydroxylation is 1. The van der Waals surface area contributed by atoms with E-state index in [0.29, 0.717) is 5.56 Å². The minimum absolute atomic E-state index is 0.0859. The Morgan fingerprint density at radius 1 is 1.15 bits per heavy atom. The Morgan fingerprint density at radius 2 is 1.85 bits per heavy atom. The van der Waals surface area contributed by atoms with E-state index in [-0.39, 0.29) is 24.1 Å². The van der Waals surface area contributed by atoms with Crippen molar-refractivity contribution >= 4 is 45.5 Å². The van der Waals surface area contributed by atoms with Crippen molar-refractivity contribution in [2.75, 3.05) is 6.54 Å². The minimum Gasteiger partial charge on any atom is -0.480 e. The Kier molecular flexibility index (Phi) is 7.90. The van der Waals surface area contributed by atoms with Gasteiger partial charge in [0.25, 0.3) is 5.91 Å². The summed E-state index contributed by atoms with van der Waals surface area (Å²) < 4.78 is 6.39. The summed E-state index contributed by atoms with van der Waals surface area (Å²) in [7, 11) is 0. The average molecular weight is 534 g/mol. The van der Waals surface area contributed by atoms with E-state index in [1.54, 1.807) is 32.9 Å². The predicted molar refractivity (Wildman–Crippen MR) is 131 cm³/mol. The van der Waals surface area contributed by atoms with Gasteiger partial charge in [0, 0.05) is 32.6 Å². The van der Waals surface area contributed by atoms with Crippen LogP contribution in [0.3, 0.4) is 0 Å². The van der Waals surface area contributed by atoms with Gasteiger partial charge >= 0.3 is 11.9 Å². The van der Waals surface area contributed by atoms with Crippen LogP contribution in [0.25, 0.3) is 0 Å². The van der Waals surface area contributed by atoms with E-state index >= 15 is 0 Å². The summed E-state index contributed by atoms with van der Waals surface area (Å²) >= 11 is 4.94. The van der Waals surface area contributed by atoms with Crippen molar-refractivity contribution in [1.82, 2.24) is 4.90 Å². The number of carboxylic acid groups (broad SMARTS) is 1. The lowest BCUT2D eigenvalue weighted by molar-refractivity contribution is -0.156. The van der Waals surface area contributed by atoms with Gasteiger partial charge in [-0.2, -0.15) is 0 Å². The standard InChI is InChI=1S/C25H28BrNO5S/c1-15-8-5-6-11-18(15)23(29)27-14-20(33-17-10-7-9-16(26)12-17)19(22(27)24(30)31)13-21(28)32-25(2,3)4/h5-12,19-20,22H,13-14H2,1-4H3,(H,30,31)/t19-,20-,22-/m0/s1. The van der Waals surface area contributed by atoms with E-state index < -0.39 is 29.5 Å². The molecule has 2 aromatic carbocycles. The zero-order chi connectivity index (χ0) is 24.3. The molecule has 0 aromatic heterocycles. The molecule has 0 aliphatic carbocycles. The first-order valence-electron chi connectivity index (χ1n) is 10.7. The molecule has 1 aliphatic heterocycles. The molecular weight excluding hydrogens is 506 g/mol. The monoisotopic (exact) mass is 533 g/mol. The summed E-state index contributed by atoms with van der Waals surface area (Å²) in [6, 6.07) is 13.7. The van der Waals surface area contributed by atoms with Gasteiger partial charge in [-0.05, 0) is 57.5 Å². The van der Waals surface area contributed by atoms with Crippen LogP contribution in [0.5, 0.6) is 0 Å². The molecule has 0 saturated carbocycles. The van der Waals surface area contributed by atoms with Gasteiger partial charge in [-0.15, -0.1) is 11.8 Å². The number of halogens is 1. The molecule has 0 unspecified atom stereocenters. The van der Waals surface area contributed by atoms with Crippen LogP contribution in [0.1, 0.15) is 43.1 Å². The Labute approximate surface area is 206 Å². The van der Waals surface area contributed by atoms with E-state index in [1.807, 2.05) is 43.3 Å². The van der Waals surface area contributed by atoms with E-state index in [1.165, 1.54) is 16.7 Å². The number of carboxylic acids is 1. The van der Waals surface area contributed by atoms with Crippen LogP contribution in [0.15, 0.2) is 57.9 Å². The van der Waals surface area contributed by atoms with Crippen LogP contribution >= 0.6 is 27.7 Å². The highest BCUT2D eigenvalue weighted by Gasteiger charge is 2.49. The van der Waals surface area contributed by atoms with Gasteiger partial charge in [-0.1, -0.05) is 40.2 Å². The number of esters is 1. The maximum Gasteiger partial charge on any atom is 0.326 e. The van der Waals surface area contributed by atoms with Gasteiger partial charge in [-0.3, -0.25) is 9.59 Å². The molecule has 33 heavy (non-hydrogen) atoms. The smallest absolute Gasteiger partial charge is 0.326 e. The Hall–Kier alpha value is -2.32. The summed E-state index contributed by atoms with van der Waals surface area (Å²) in [5, 5.41) is 9.84. The molecule has 0 bridgehead atoms. The quantitative estimate of drug-likeness (QED) is 0.515. The van der Waals surface area contributed by atoms with Crippen molar-refractivity contribution < 1.29 is 24.2 Å². The summed E-state index contributed by atoms with van der Waals surface area (Å²) in [4.78, 5) is 40.9. The van der Waals surface area contributed by atoms with Crippen LogP contribution in [-0.4, -0.2) is 51.3 Å². The second-order valence-corrected chi connectivity index (χ2v) is 11.4. The first-order chi connectivity index (χ1) is 15.5. The molecule has 1 amide bonds. The third-order valence-corrected chi connectivity index (χ3v) is 7.21. The van der Waals surface area contributed by atoms with E-state index in [2.05, 4.69) is 15.9 Å². The van der Waals surface area contributed by atoms with Crippen LogP contribution < -0.4 is 0 Å². The molecule has 1 fully saturated rings. The Morgan fingerprint density at radius 3 is 2.45 bits per heavy atom. The van der Waals surface area contributed by atoms with Crippen molar-refractivity contribution in [2.24, 2.45) is 5.92 Å². The van der Waals surface area contributed by atoms with Crippen molar-refractivity contribution in [1.29, 1.82) is 0 Å². The number of nitrogens with zero attached hydrogens (tertiary/aromatic N) is 1. The highest BCUT2D eigenvalue weighted by Crippen LogP contribution is 2.41. The van der Waals surface area contributed by atoms with Crippen LogP contribution in [0, 0.1) is 12.8 Å². The molecule has 6 nitrogen and oxygen atoms in total. The fourth-order valence-corrected chi connectivity index (χ4v) is 5.94. The number of likely N-dealkylation sites (tertiary alicyclic amines) is 1. The fourth-order valence-electron chi connectivity index (χ4n) is 4.03. The molecule has 1 saturated heterocycles. The molecular formula is C25H28BrNO5S. The number of rotatable bonds is 6. The number of hydrogen-bond donors (Lipinski definition) is 1. The van der Waals surface area contributed by atoms with E-state index in [9.17, 15) is 19.5 Å². The van der Waals surface area contributed by atoms with Crippen molar-refractivity contribution in [2.45, 2.75) is 55.9 Å². The highest BCUT2D eigenvalue weighted by molar-refractivity contribution is 9.10. The van der Waals surface area contributed by atoms with Gasteiger partial charge in [0.05, 0.1) is 6.42 Å². The summed E-state index contributed by atoms with van der Waals surface area (Å²) in [6.45, 7) is 7.36. The third kappa shape index (κ3) is 6.38. The zero-order valence-corrected chi connectivity index (χ0v) is 21.5. The van der Waals surface area contributed by atoms with Crippen molar-refractivity contribution in [3.05, 3.63) is 64.1 Å². The molecule has 3 rings (SSSR count). The molecule has 176 valence electrons. The normalized spacial score (nSPS) is 20.5. The summed E-state index contributed by atoms with van der Waals surface area (Å²) in [6.07, 6.45) is -0.0859.